The molecular formula is H9F6NO12Si6. The highest BCUT2D eigenvalue weighted by atomic mass is 28.3. The van der Waals surface area contributed by atoms with E-state index in [1.807, 2.05) is 0 Å². The molecule has 13 nitrogen and oxygen atoms in total. The van der Waals surface area contributed by atoms with Crippen molar-refractivity contribution in [2.45, 2.75) is 0 Å². The Morgan fingerprint density at radius 2 is 0.360 bits per heavy atom. The Kier molecular flexibility index (Phi) is 66.7. The van der Waals surface area contributed by atoms with E-state index < -0.39 is 55.6 Å². The van der Waals surface area contributed by atoms with Gasteiger partial charge in [-0.1, -0.05) is 0 Å². The molecule has 0 unspecified atom stereocenters. The molecule has 0 saturated heterocycles. The molecule has 0 aliphatic rings. The fourth-order valence-electron chi connectivity index (χ4n) is 0. The molecule has 0 bridgehead atoms. The van der Waals surface area contributed by atoms with Gasteiger partial charge >= 0.3 is 55.6 Å². The monoisotopic (exact) mass is 497 g/mol. The van der Waals surface area contributed by atoms with Gasteiger partial charge in [0.1, 0.15) is 0 Å². The highest BCUT2D eigenvalue weighted by Crippen LogP contribution is 1.48. The van der Waals surface area contributed by atoms with Crippen molar-refractivity contribution < 1.29 is 80.2 Å². The minimum atomic E-state index is -3.63. The smallest absolute Gasteiger partial charge is 0.517 e. The summed E-state index contributed by atoms with van der Waals surface area (Å²) < 4.78 is 112. The molecule has 0 aromatic heterocycles. The summed E-state index contributed by atoms with van der Waals surface area (Å²) in [7, 11) is -21.8. The Hall–Kier alpha value is -1.56. The molecule has 0 rings (SSSR count). The lowest BCUT2D eigenvalue weighted by Gasteiger charge is -1.49. The van der Waals surface area contributed by atoms with Crippen LogP contribution in [0.3, 0.4) is 0 Å². The molecule has 9 N–H and O–H groups in total. The highest BCUT2D eigenvalue weighted by molar-refractivity contribution is 6.24. The van der Waals surface area contributed by atoms with Gasteiger partial charge in [-0.05, 0) is 0 Å². The zero-order chi connectivity index (χ0) is 21.5. The molecule has 0 saturated carbocycles. The van der Waals surface area contributed by atoms with Crippen LogP contribution in [-0.4, -0.2) is 84.3 Å². The molecule has 0 spiro atoms. The standard InChI is InChI=1S/6FHO2Si.H3N/c6*1-4(2)3;/h6*2H;1H3. The van der Waals surface area contributed by atoms with Crippen LogP contribution in [0.4, 0.5) is 24.6 Å². The summed E-state index contributed by atoms with van der Waals surface area (Å²) in [5.41, 5.74) is 0. The zero-order valence-corrected chi connectivity index (χ0v) is 17.1. The molecule has 0 aliphatic heterocycles. The van der Waals surface area contributed by atoms with Gasteiger partial charge in [-0.2, -0.15) is 24.6 Å². The van der Waals surface area contributed by atoms with Crippen LogP contribution in [0.2, 0.25) is 0 Å². The third-order valence-electron chi connectivity index (χ3n) is 0. The Morgan fingerprint density at radius 1 is 0.360 bits per heavy atom. The average molecular weight is 498 g/mol. The van der Waals surface area contributed by atoms with Gasteiger partial charge in [0.2, 0.25) is 0 Å². The second-order valence-electron chi connectivity index (χ2n) is 1.52. The largest absolute Gasteiger partial charge is 0.734 e. The molecule has 0 heterocycles. The molecule has 0 atom stereocenters. The molecule has 25 heavy (non-hydrogen) atoms. The molecule has 25 heteroatoms. The van der Waals surface area contributed by atoms with E-state index in [2.05, 4.69) is 0 Å². The Labute approximate surface area is 142 Å². The summed E-state index contributed by atoms with van der Waals surface area (Å²) >= 11 is 0. The van der Waals surface area contributed by atoms with Gasteiger partial charge in [-0.25, -0.2) is 0 Å². The Morgan fingerprint density at radius 3 is 0.360 bits per heavy atom. The molecule has 0 fully saturated rings. The van der Waals surface area contributed by atoms with E-state index in [0.29, 0.717) is 0 Å². The number of halogens is 6. The molecule has 0 aromatic rings. The summed E-state index contributed by atoms with van der Waals surface area (Å²) in [5.74, 6) is 0. The third-order valence-corrected chi connectivity index (χ3v) is 0. The first-order valence-electron chi connectivity index (χ1n) is 3.70. The molecule has 0 radical (unpaired) electrons. The second-order valence-corrected chi connectivity index (χ2v) is 4.55. The molecule has 0 amide bonds. The highest BCUT2D eigenvalue weighted by Gasteiger charge is 1.89. The van der Waals surface area contributed by atoms with Crippen molar-refractivity contribution in [2.75, 3.05) is 0 Å². The minimum Gasteiger partial charge on any atom is -0.517 e. The minimum absolute atomic E-state index is 0. The summed E-state index contributed by atoms with van der Waals surface area (Å²) in [4.78, 5) is 41.6. The van der Waals surface area contributed by atoms with Crippen LogP contribution in [0.1, 0.15) is 0 Å². The van der Waals surface area contributed by atoms with Gasteiger partial charge in [0.05, 0.1) is 0 Å². The Balaban J connectivity index is -0.0000000309. The van der Waals surface area contributed by atoms with Crippen molar-refractivity contribution in [1.82, 2.24) is 6.15 Å². The van der Waals surface area contributed by atoms with Crippen LogP contribution in [0.25, 0.3) is 0 Å². The van der Waals surface area contributed by atoms with E-state index in [9.17, 15) is 24.6 Å². The number of hydrogen-bond acceptors (Lipinski definition) is 7. The maximum atomic E-state index is 10.1. The SMILES string of the molecule is N.O=[Si](O)F.O=[Si](O)F.O=[Si](O)F.O=[Si](O)F.O=[Si](O)F.O=[Si](O)F. The lowest BCUT2D eigenvalue weighted by Crippen LogP contribution is -1.79. The van der Waals surface area contributed by atoms with Crippen molar-refractivity contribution in [2.24, 2.45) is 0 Å². The van der Waals surface area contributed by atoms with E-state index >= 15 is 0 Å². The lowest BCUT2D eigenvalue weighted by atomic mass is 14.0. The molecule has 0 aliphatic carbocycles. The van der Waals surface area contributed by atoms with Crippen molar-refractivity contribution >= 4 is 55.6 Å². The first-order valence-corrected chi connectivity index (χ1v) is 11.1. The predicted octanol–water partition coefficient (Wildman–Crippen LogP) is -3.66. The first-order chi connectivity index (χ1) is 10.4. The number of rotatable bonds is 0. The van der Waals surface area contributed by atoms with Crippen molar-refractivity contribution in [3.8, 4) is 0 Å². The predicted molar refractivity (Wildman–Crippen MR) is 63.6 cm³/mol. The topological polar surface area (TPSA) is 259 Å². The van der Waals surface area contributed by atoms with Crippen LogP contribution in [0.5, 0.6) is 0 Å². The molecular weight excluding hydrogens is 488 g/mol. The fraction of sp³-hybridized carbons (Fsp3) is 0. The maximum Gasteiger partial charge on any atom is 0.734 e. The summed E-state index contributed by atoms with van der Waals surface area (Å²) in [5, 5.41) is 0. The van der Waals surface area contributed by atoms with Crippen LogP contribution in [0.15, 0.2) is 0 Å². The van der Waals surface area contributed by atoms with Gasteiger partial charge in [0, 0.05) is 0 Å². The van der Waals surface area contributed by atoms with Gasteiger partial charge in [0.25, 0.3) is 0 Å². The number of hydrogen-bond donors (Lipinski definition) is 7. The third kappa shape index (κ3) is 3860. The van der Waals surface area contributed by atoms with Crippen molar-refractivity contribution in [3.05, 3.63) is 0 Å². The average Bonchev–Trinajstić information content (AvgIpc) is 2.08. The van der Waals surface area contributed by atoms with Crippen LogP contribution in [-0.2, 0) is 26.8 Å². The van der Waals surface area contributed by atoms with E-state index in [4.69, 9.17) is 55.5 Å². The molecule has 152 valence electrons. The van der Waals surface area contributed by atoms with Crippen LogP contribution < -0.4 is 6.15 Å². The van der Waals surface area contributed by atoms with Crippen molar-refractivity contribution in [3.63, 3.8) is 0 Å². The van der Waals surface area contributed by atoms with Crippen molar-refractivity contribution in [1.29, 1.82) is 0 Å². The van der Waals surface area contributed by atoms with Crippen LogP contribution in [0, 0.1) is 0 Å². The van der Waals surface area contributed by atoms with Gasteiger partial charge in [-0.15, -0.1) is 0 Å². The van der Waals surface area contributed by atoms with E-state index in [1.165, 1.54) is 0 Å². The second kappa shape index (κ2) is 38.2. The summed E-state index contributed by atoms with van der Waals surface area (Å²) in [6, 6.07) is 0. The summed E-state index contributed by atoms with van der Waals surface area (Å²) in [6.45, 7) is 0. The van der Waals surface area contributed by atoms with E-state index in [-0.39, 0.29) is 6.15 Å². The maximum absolute atomic E-state index is 10.1. The van der Waals surface area contributed by atoms with E-state index in [0.717, 1.165) is 0 Å². The zero-order valence-electron chi connectivity index (χ0n) is 11.1. The lowest BCUT2D eigenvalue weighted by molar-refractivity contribution is 0.388. The van der Waals surface area contributed by atoms with E-state index in [1.54, 1.807) is 0 Å². The van der Waals surface area contributed by atoms with Crippen LogP contribution >= 0.6 is 0 Å². The quantitative estimate of drug-likeness (QED) is 0.0968. The van der Waals surface area contributed by atoms with Gasteiger partial charge < -0.3 is 34.9 Å². The normalized spacial score (nSPS) is 6.00. The summed E-state index contributed by atoms with van der Waals surface area (Å²) in [6.07, 6.45) is 0. The molecule has 0 aromatic carbocycles. The Bertz CT molecular complexity index is 273. The van der Waals surface area contributed by atoms with Gasteiger partial charge in [0.15, 0.2) is 0 Å². The fourth-order valence-corrected chi connectivity index (χ4v) is 0. The first kappa shape index (κ1) is 43.7. The van der Waals surface area contributed by atoms with Gasteiger partial charge in [-0.3, -0.25) is 26.8 Å².